The first-order chi connectivity index (χ1) is 7.08. The highest BCUT2D eigenvalue weighted by Gasteiger charge is 2.39. The lowest BCUT2D eigenvalue weighted by atomic mass is 10.2. The van der Waals surface area contributed by atoms with Gasteiger partial charge in [0, 0.05) is 10.9 Å². The smallest absolute Gasteiger partial charge is 0.227 e. The number of benzene rings is 1. The van der Waals surface area contributed by atoms with E-state index in [-0.39, 0.29) is 17.5 Å². The third-order valence-corrected chi connectivity index (χ3v) is 2.87. The van der Waals surface area contributed by atoms with E-state index in [0.29, 0.717) is 10.9 Å². The molecule has 2 rings (SSSR count). The number of nitrogens with one attached hydrogen (secondary N) is 1. The molecular formula is C11H11ClFNO. The quantitative estimate of drug-likeness (QED) is 0.827. The molecule has 4 heteroatoms. The van der Waals surface area contributed by atoms with Crippen molar-refractivity contribution in [2.75, 3.05) is 5.32 Å². The summed E-state index contributed by atoms with van der Waals surface area (Å²) < 4.78 is 13.2. The van der Waals surface area contributed by atoms with Crippen LogP contribution < -0.4 is 5.32 Å². The Hall–Kier alpha value is -1.09. The van der Waals surface area contributed by atoms with Gasteiger partial charge in [0.25, 0.3) is 0 Å². The molecule has 0 bridgehead atoms. The molecule has 1 amide bonds. The highest BCUT2D eigenvalue weighted by Crippen LogP contribution is 2.38. The molecule has 1 aliphatic rings. The van der Waals surface area contributed by atoms with Crippen molar-refractivity contribution in [2.45, 2.75) is 13.3 Å². The van der Waals surface area contributed by atoms with Crippen molar-refractivity contribution in [1.82, 2.24) is 0 Å². The van der Waals surface area contributed by atoms with Crippen LogP contribution in [0.3, 0.4) is 0 Å². The molecule has 1 N–H and O–H groups in total. The van der Waals surface area contributed by atoms with Crippen molar-refractivity contribution in [3.05, 3.63) is 29.0 Å². The number of rotatable bonds is 2. The van der Waals surface area contributed by atoms with Crippen LogP contribution in [0, 0.1) is 17.7 Å². The van der Waals surface area contributed by atoms with Gasteiger partial charge < -0.3 is 5.32 Å². The lowest BCUT2D eigenvalue weighted by Crippen LogP contribution is -2.15. The zero-order chi connectivity index (χ0) is 11.0. The molecule has 1 aliphatic carbocycles. The summed E-state index contributed by atoms with van der Waals surface area (Å²) in [6.07, 6.45) is 0.883. The van der Waals surface area contributed by atoms with Crippen LogP contribution in [0.4, 0.5) is 10.1 Å². The van der Waals surface area contributed by atoms with Gasteiger partial charge in [-0.25, -0.2) is 4.39 Å². The zero-order valence-electron chi connectivity index (χ0n) is 8.26. The van der Waals surface area contributed by atoms with Crippen molar-refractivity contribution < 1.29 is 9.18 Å². The van der Waals surface area contributed by atoms with E-state index in [9.17, 15) is 9.18 Å². The summed E-state index contributed by atoms with van der Waals surface area (Å²) in [5, 5.41) is 2.96. The van der Waals surface area contributed by atoms with Crippen LogP contribution in [0.5, 0.6) is 0 Å². The zero-order valence-corrected chi connectivity index (χ0v) is 9.01. The normalized spacial score (nSPS) is 23.7. The number of carbonyl (C=O) groups excluding carboxylic acids is 1. The van der Waals surface area contributed by atoms with Crippen molar-refractivity contribution in [3.8, 4) is 0 Å². The number of halogens is 2. The SMILES string of the molecule is CC1CC1C(=O)Nc1cc(Cl)ccc1F. The van der Waals surface area contributed by atoms with Gasteiger partial charge in [-0.15, -0.1) is 0 Å². The highest BCUT2D eigenvalue weighted by atomic mass is 35.5. The van der Waals surface area contributed by atoms with Gasteiger partial charge in [-0.2, -0.15) is 0 Å². The maximum absolute atomic E-state index is 13.2. The molecule has 15 heavy (non-hydrogen) atoms. The van der Waals surface area contributed by atoms with E-state index in [2.05, 4.69) is 5.32 Å². The Morgan fingerprint density at radius 1 is 1.60 bits per heavy atom. The maximum atomic E-state index is 13.2. The van der Waals surface area contributed by atoms with E-state index in [0.717, 1.165) is 6.42 Å². The monoisotopic (exact) mass is 227 g/mol. The molecule has 0 aliphatic heterocycles. The first-order valence-corrected chi connectivity index (χ1v) is 5.21. The van der Waals surface area contributed by atoms with Gasteiger partial charge in [-0.3, -0.25) is 4.79 Å². The van der Waals surface area contributed by atoms with E-state index in [1.54, 1.807) is 0 Å². The standard InChI is InChI=1S/C11H11ClFNO/c1-6-4-8(6)11(15)14-10-5-7(12)2-3-9(10)13/h2-3,5-6,8H,4H2,1H3,(H,14,15). The Morgan fingerprint density at radius 3 is 2.87 bits per heavy atom. The topological polar surface area (TPSA) is 29.1 Å². The molecule has 80 valence electrons. The molecule has 1 saturated carbocycles. The second-order valence-corrected chi connectivity index (χ2v) is 4.37. The Morgan fingerprint density at radius 2 is 2.27 bits per heavy atom. The summed E-state index contributed by atoms with van der Waals surface area (Å²) in [5.74, 6) is -0.139. The molecule has 2 atom stereocenters. The third-order valence-electron chi connectivity index (χ3n) is 2.63. The van der Waals surface area contributed by atoms with Crippen molar-refractivity contribution in [1.29, 1.82) is 0 Å². The first kappa shape index (κ1) is 10.4. The van der Waals surface area contributed by atoms with Crippen LogP contribution >= 0.6 is 11.6 Å². The second-order valence-electron chi connectivity index (χ2n) is 3.93. The molecule has 0 saturated heterocycles. The van der Waals surface area contributed by atoms with Crippen LogP contribution in [-0.2, 0) is 4.79 Å². The summed E-state index contributed by atoms with van der Waals surface area (Å²) >= 11 is 5.71. The minimum atomic E-state index is -0.457. The van der Waals surface area contributed by atoms with Crippen LogP contribution in [0.15, 0.2) is 18.2 Å². The number of anilines is 1. The Labute approximate surface area is 92.4 Å². The molecule has 1 aromatic carbocycles. The molecule has 2 unspecified atom stereocenters. The number of amides is 1. The van der Waals surface area contributed by atoms with Gasteiger partial charge in [-0.1, -0.05) is 18.5 Å². The number of carbonyl (C=O) groups is 1. The van der Waals surface area contributed by atoms with Crippen LogP contribution in [0.2, 0.25) is 5.02 Å². The summed E-state index contributed by atoms with van der Waals surface area (Å²) in [7, 11) is 0. The van der Waals surface area contributed by atoms with Crippen LogP contribution in [0.1, 0.15) is 13.3 Å². The van der Waals surface area contributed by atoms with E-state index in [1.807, 2.05) is 6.92 Å². The Bertz CT molecular complexity index is 408. The third kappa shape index (κ3) is 2.29. The predicted molar refractivity (Wildman–Crippen MR) is 57.3 cm³/mol. The lowest BCUT2D eigenvalue weighted by Gasteiger charge is -2.05. The minimum absolute atomic E-state index is 0.0309. The fourth-order valence-electron chi connectivity index (χ4n) is 1.51. The minimum Gasteiger partial charge on any atom is -0.323 e. The van der Waals surface area contributed by atoms with E-state index in [1.165, 1.54) is 18.2 Å². The van der Waals surface area contributed by atoms with Crippen LogP contribution in [-0.4, -0.2) is 5.91 Å². The molecule has 0 radical (unpaired) electrons. The van der Waals surface area contributed by atoms with Gasteiger partial charge in [-0.05, 0) is 30.5 Å². The van der Waals surface area contributed by atoms with E-state index >= 15 is 0 Å². The van der Waals surface area contributed by atoms with Gasteiger partial charge in [0.05, 0.1) is 5.69 Å². The largest absolute Gasteiger partial charge is 0.323 e. The van der Waals surface area contributed by atoms with E-state index < -0.39 is 5.82 Å². The Kier molecular flexibility index (Phi) is 2.65. The van der Waals surface area contributed by atoms with Gasteiger partial charge in [0.2, 0.25) is 5.91 Å². The van der Waals surface area contributed by atoms with Gasteiger partial charge in [0.1, 0.15) is 5.82 Å². The second kappa shape index (κ2) is 3.81. The van der Waals surface area contributed by atoms with Gasteiger partial charge >= 0.3 is 0 Å². The van der Waals surface area contributed by atoms with Crippen LogP contribution in [0.25, 0.3) is 0 Å². The predicted octanol–water partition coefficient (Wildman–Crippen LogP) is 3.07. The molecule has 0 aromatic heterocycles. The van der Waals surface area contributed by atoms with E-state index in [4.69, 9.17) is 11.6 Å². The Balaban J connectivity index is 2.10. The van der Waals surface area contributed by atoms with Crippen molar-refractivity contribution >= 4 is 23.2 Å². The fourth-order valence-corrected chi connectivity index (χ4v) is 1.68. The average Bonchev–Trinajstić information content (AvgIpc) is 2.89. The molecular weight excluding hydrogens is 217 g/mol. The average molecular weight is 228 g/mol. The van der Waals surface area contributed by atoms with Gasteiger partial charge in [0.15, 0.2) is 0 Å². The maximum Gasteiger partial charge on any atom is 0.227 e. The summed E-state index contributed by atoms with van der Waals surface area (Å²) in [5.41, 5.74) is 0.159. The van der Waals surface area contributed by atoms with Crippen molar-refractivity contribution in [2.24, 2.45) is 11.8 Å². The molecule has 1 fully saturated rings. The fraction of sp³-hybridized carbons (Fsp3) is 0.364. The summed E-state index contributed by atoms with van der Waals surface area (Å²) in [6, 6.07) is 4.11. The summed E-state index contributed by atoms with van der Waals surface area (Å²) in [4.78, 5) is 11.5. The lowest BCUT2D eigenvalue weighted by molar-refractivity contribution is -0.117. The van der Waals surface area contributed by atoms with Crippen molar-refractivity contribution in [3.63, 3.8) is 0 Å². The number of hydrogen-bond acceptors (Lipinski definition) is 1. The first-order valence-electron chi connectivity index (χ1n) is 4.84. The molecule has 0 spiro atoms. The highest BCUT2D eigenvalue weighted by molar-refractivity contribution is 6.30. The molecule has 0 heterocycles. The molecule has 2 nitrogen and oxygen atoms in total. The molecule has 1 aromatic rings. The summed E-state index contributed by atoms with van der Waals surface area (Å²) in [6.45, 7) is 2.00. The number of hydrogen-bond donors (Lipinski definition) is 1.